The van der Waals surface area contributed by atoms with Crippen molar-refractivity contribution in [2.45, 2.75) is 44.9 Å². The highest BCUT2D eigenvalue weighted by Gasteiger charge is 2.25. The monoisotopic (exact) mass is 533 g/mol. The molecular formula is C30H29F2N3O2S. The van der Waals surface area contributed by atoms with E-state index < -0.39 is 23.8 Å². The maximum absolute atomic E-state index is 13.9. The van der Waals surface area contributed by atoms with Gasteiger partial charge in [0.25, 0.3) is 5.91 Å². The van der Waals surface area contributed by atoms with Gasteiger partial charge in [0.2, 0.25) is 0 Å². The first kappa shape index (κ1) is 26.2. The number of hydrogen-bond acceptors (Lipinski definition) is 5. The maximum Gasteiger partial charge on any atom is 0.261 e. The maximum atomic E-state index is 13.9. The molecular weight excluding hydrogens is 504 g/mol. The zero-order chi connectivity index (χ0) is 26.6. The van der Waals surface area contributed by atoms with Gasteiger partial charge in [-0.05, 0) is 65.8 Å². The second-order valence-corrected chi connectivity index (χ2v) is 10.6. The summed E-state index contributed by atoms with van der Waals surface area (Å²) in [6.45, 7) is 2.83. The molecule has 1 aliphatic heterocycles. The van der Waals surface area contributed by atoms with Crippen LogP contribution in [-0.2, 0) is 19.4 Å². The van der Waals surface area contributed by atoms with Gasteiger partial charge in [0.05, 0.1) is 22.7 Å². The Morgan fingerprint density at radius 3 is 2.68 bits per heavy atom. The van der Waals surface area contributed by atoms with E-state index in [0.29, 0.717) is 17.0 Å². The molecule has 0 unspecified atom stereocenters. The minimum absolute atomic E-state index is 0.0686. The summed E-state index contributed by atoms with van der Waals surface area (Å²) in [5, 5.41) is 18.2. The Hall–Kier alpha value is -3.46. The Labute approximate surface area is 223 Å². The summed E-state index contributed by atoms with van der Waals surface area (Å²) in [5.74, 6) is -1.76. The van der Waals surface area contributed by atoms with Crippen molar-refractivity contribution in [3.63, 3.8) is 0 Å². The van der Waals surface area contributed by atoms with Crippen LogP contribution in [0.15, 0.2) is 77.4 Å². The largest absolute Gasteiger partial charge is 0.390 e. The van der Waals surface area contributed by atoms with Crippen molar-refractivity contribution in [2.24, 2.45) is 4.99 Å². The van der Waals surface area contributed by atoms with Crippen molar-refractivity contribution in [3.05, 3.63) is 116 Å². The standard InChI is InChI=1S/C30H29F2N3O2S/c1-2-18-6-5-7-19(10-18)16-33-17-27(36)26(13-20-11-21(31)14-22(32)12-20)34-29(37)28-15-24-23-8-3-4-9-25(23)35-30(24)38-28/h3-7,9-12,14-15,26-27,33,36H,2,8,13,16-17H2,1H3,(H,34,37)/t26-,27+/m0/s1. The Kier molecular flexibility index (Phi) is 7.93. The Bertz CT molecular complexity index is 1520. The number of nitrogens with one attached hydrogen (secondary N) is 2. The SMILES string of the molecule is CCc1cccc(CNC[C@@H](O)[C@H](Cc2cc(F)cc(F)c2)NC(=O)c2cc3c(s2)=NC2=CC=CCC=32)c1. The molecule has 1 aromatic heterocycles. The van der Waals surface area contributed by atoms with E-state index >= 15 is 0 Å². The summed E-state index contributed by atoms with van der Waals surface area (Å²) < 4.78 is 28.5. The average molecular weight is 534 g/mol. The lowest BCUT2D eigenvalue weighted by Crippen LogP contribution is -2.48. The number of allylic oxidation sites excluding steroid dienone is 4. The summed E-state index contributed by atoms with van der Waals surface area (Å²) in [6, 6.07) is 12.5. The topological polar surface area (TPSA) is 73.7 Å². The van der Waals surface area contributed by atoms with E-state index in [1.54, 1.807) is 0 Å². The molecule has 2 heterocycles. The first-order chi connectivity index (χ1) is 18.4. The van der Waals surface area contributed by atoms with Crippen LogP contribution in [0.4, 0.5) is 8.78 Å². The minimum atomic E-state index is -0.997. The molecule has 1 aliphatic carbocycles. The normalized spacial score (nSPS) is 15.4. The van der Waals surface area contributed by atoms with Gasteiger partial charge in [-0.25, -0.2) is 13.8 Å². The molecule has 0 saturated carbocycles. The molecule has 2 aliphatic rings. The summed E-state index contributed by atoms with van der Waals surface area (Å²) in [4.78, 5) is 18.4. The van der Waals surface area contributed by atoms with Gasteiger partial charge < -0.3 is 15.7 Å². The van der Waals surface area contributed by atoms with Crippen LogP contribution in [0.2, 0.25) is 0 Å². The van der Waals surface area contributed by atoms with Gasteiger partial charge in [0.1, 0.15) is 16.3 Å². The lowest BCUT2D eigenvalue weighted by molar-refractivity contribution is 0.0833. The van der Waals surface area contributed by atoms with Gasteiger partial charge in [0.15, 0.2) is 0 Å². The third-order valence-corrected chi connectivity index (χ3v) is 7.77. The summed E-state index contributed by atoms with van der Waals surface area (Å²) >= 11 is 1.29. The third kappa shape index (κ3) is 5.99. The number of hydrogen-bond donors (Lipinski definition) is 3. The van der Waals surface area contributed by atoms with Crippen molar-refractivity contribution in [3.8, 4) is 0 Å². The first-order valence-corrected chi connectivity index (χ1v) is 13.5. The van der Waals surface area contributed by atoms with Gasteiger partial charge in [0, 0.05) is 24.4 Å². The quantitative estimate of drug-likeness (QED) is 0.372. The molecule has 0 fully saturated rings. The Morgan fingerprint density at radius 2 is 1.89 bits per heavy atom. The predicted octanol–water partition coefficient (Wildman–Crippen LogP) is 3.71. The van der Waals surface area contributed by atoms with Gasteiger partial charge in [-0.15, -0.1) is 11.3 Å². The molecule has 2 atom stereocenters. The van der Waals surface area contributed by atoms with E-state index in [1.165, 1.54) is 29.0 Å². The zero-order valence-corrected chi connectivity index (χ0v) is 21.8. The van der Waals surface area contributed by atoms with E-state index in [0.717, 1.165) is 45.6 Å². The number of aryl methyl sites for hydroxylation is 1. The Morgan fingerprint density at radius 1 is 1.11 bits per heavy atom. The fraction of sp³-hybridized carbons (Fsp3) is 0.267. The number of aliphatic hydroxyl groups is 1. The van der Waals surface area contributed by atoms with E-state index in [4.69, 9.17) is 0 Å². The molecule has 0 spiro atoms. The van der Waals surface area contributed by atoms with E-state index in [1.807, 2.05) is 30.4 Å². The number of halogens is 2. The van der Waals surface area contributed by atoms with Crippen molar-refractivity contribution in [2.75, 3.05) is 6.54 Å². The fourth-order valence-electron chi connectivity index (χ4n) is 4.78. The molecule has 3 N–H and O–H groups in total. The van der Waals surface area contributed by atoms with E-state index in [9.17, 15) is 18.7 Å². The molecule has 3 aromatic rings. The molecule has 1 amide bonds. The van der Waals surface area contributed by atoms with Gasteiger partial charge in [-0.1, -0.05) is 43.3 Å². The highest BCUT2D eigenvalue weighted by Crippen LogP contribution is 2.23. The average Bonchev–Trinajstić information content (AvgIpc) is 3.46. The summed E-state index contributed by atoms with van der Waals surface area (Å²) in [5.41, 5.74) is 4.69. The number of aliphatic hydroxyl groups excluding tert-OH is 1. The predicted molar refractivity (Wildman–Crippen MR) is 145 cm³/mol. The van der Waals surface area contributed by atoms with Gasteiger partial charge >= 0.3 is 0 Å². The molecule has 196 valence electrons. The summed E-state index contributed by atoms with van der Waals surface area (Å²) in [7, 11) is 0. The molecule has 0 radical (unpaired) electrons. The number of benzene rings is 2. The number of nitrogens with zero attached hydrogens (tertiary/aromatic N) is 1. The molecule has 38 heavy (non-hydrogen) atoms. The minimum Gasteiger partial charge on any atom is -0.390 e. The smallest absolute Gasteiger partial charge is 0.261 e. The number of thiophene rings is 1. The fourth-order valence-corrected chi connectivity index (χ4v) is 5.75. The molecule has 5 nitrogen and oxygen atoms in total. The van der Waals surface area contributed by atoms with Crippen molar-refractivity contribution >= 4 is 22.8 Å². The number of carbonyl (C=O) groups is 1. The number of amides is 1. The zero-order valence-electron chi connectivity index (χ0n) is 21.0. The molecule has 5 rings (SSSR count). The van der Waals surface area contributed by atoms with Crippen molar-refractivity contribution in [1.82, 2.24) is 10.6 Å². The van der Waals surface area contributed by atoms with Crippen LogP contribution in [0.25, 0.3) is 5.57 Å². The number of fused-ring (bicyclic) bond motifs is 2. The Balaban J connectivity index is 1.31. The third-order valence-electron chi connectivity index (χ3n) is 6.75. The number of carbonyl (C=O) groups excluding carboxylic acids is 1. The number of rotatable bonds is 10. The van der Waals surface area contributed by atoms with Crippen LogP contribution in [0.3, 0.4) is 0 Å². The first-order valence-electron chi connectivity index (χ1n) is 12.7. The van der Waals surface area contributed by atoms with Crippen LogP contribution in [0.5, 0.6) is 0 Å². The van der Waals surface area contributed by atoms with Crippen LogP contribution < -0.4 is 20.5 Å². The van der Waals surface area contributed by atoms with Crippen LogP contribution in [0, 0.1) is 11.6 Å². The van der Waals surface area contributed by atoms with E-state index in [-0.39, 0.29) is 18.9 Å². The highest BCUT2D eigenvalue weighted by molar-refractivity contribution is 7.11. The highest BCUT2D eigenvalue weighted by atomic mass is 32.1. The second kappa shape index (κ2) is 11.5. The van der Waals surface area contributed by atoms with Gasteiger partial charge in [-0.2, -0.15) is 0 Å². The van der Waals surface area contributed by atoms with Crippen LogP contribution >= 0.6 is 11.3 Å². The van der Waals surface area contributed by atoms with Gasteiger partial charge in [-0.3, -0.25) is 4.79 Å². The summed E-state index contributed by atoms with van der Waals surface area (Å²) in [6.07, 6.45) is 6.75. The van der Waals surface area contributed by atoms with E-state index in [2.05, 4.69) is 40.8 Å². The molecule has 0 bridgehead atoms. The lowest BCUT2D eigenvalue weighted by Gasteiger charge is -2.25. The molecule has 8 heteroatoms. The molecule has 2 aromatic carbocycles. The second-order valence-electron chi connectivity index (χ2n) is 9.54. The molecule has 0 saturated heterocycles. The van der Waals surface area contributed by atoms with Crippen molar-refractivity contribution < 1.29 is 18.7 Å². The van der Waals surface area contributed by atoms with Crippen LogP contribution in [0.1, 0.15) is 39.7 Å². The van der Waals surface area contributed by atoms with Crippen molar-refractivity contribution in [1.29, 1.82) is 0 Å². The van der Waals surface area contributed by atoms with Crippen LogP contribution in [-0.4, -0.2) is 29.7 Å². The lowest BCUT2D eigenvalue weighted by atomic mass is 10.00.